The second-order valence-electron chi connectivity index (χ2n) is 6.31. The van der Waals surface area contributed by atoms with E-state index in [4.69, 9.17) is 0 Å². The fourth-order valence-corrected chi connectivity index (χ4v) is 2.17. The van der Waals surface area contributed by atoms with E-state index >= 15 is 0 Å². The van der Waals surface area contributed by atoms with Gasteiger partial charge < -0.3 is 4.90 Å². The molecule has 0 N–H and O–H groups in total. The third kappa shape index (κ3) is 10.8. The maximum absolute atomic E-state index is 11.8. The average molecular weight is 267 g/mol. The third-order valence-electron chi connectivity index (χ3n) is 3.41. The lowest BCUT2D eigenvalue weighted by Gasteiger charge is -2.21. The first-order chi connectivity index (χ1) is 8.97. The summed E-state index contributed by atoms with van der Waals surface area (Å²) in [7, 11) is 0. The van der Waals surface area contributed by atoms with Gasteiger partial charge in [-0.25, -0.2) is 0 Å². The van der Waals surface area contributed by atoms with E-state index < -0.39 is 0 Å². The Labute approximate surface area is 120 Å². The second kappa shape index (κ2) is 11.1. The lowest BCUT2D eigenvalue weighted by Crippen LogP contribution is -2.31. The molecule has 1 amide bonds. The summed E-state index contributed by atoms with van der Waals surface area (Å²) in [5.74, 6) is 1.61. The molecule has 19 heavy (non-hydrogen) atoms. The highest BCUT2D eigenvalue weighted by Gasteiger charge is 2.09. The van der Waals surface area contributed by atoms with Gasteiger partial charge in [-0.1, -0.05) is 60.0 Å². The van der Waals surface area contributed by atoms with Crippen molar-refractivity contribution in [2.45, 2.75) is 66.2 Å². The number of amides is 1. The van der Waals surface area contributed by atoms with Gasteiger partial charge in [0, 0.05) is 13.1 Å². The van der Waals surface area contributed by atoms with E-state index in [1.165, 1.54) is 31.8 Å². The standard InChI is InChI=1S/C17H33NO/c1-6-17(19)18(13-9-7-11-15(2)3)14-10-8-12-16(4)5/h6,15-16H,1,7-14H2,2-5H3. The number of hydrogen-bond donors (Lipinski definition) is 0. The van der Waals surface area contributed by atoms with Crippen LogP contribution >= 0.6 is 0 Å². The minimum atomic E-state index is 0.0918. The zero-order valence-corrected chi connectivity index (χ0v) is 13.5. The molecule has 0 aromatic heterocycles. The van der Waals surface area contributed by atoms with Crippen LogP contribution in [0.4, 0.5) is 0 Å². The van der Waals surface area contributed by atoms with E-state index in [-0.39, 0.29) is 5.91 Å². The lowest BCUT2D eigenvalue weighted by molar-refractivity contribution is -0.126. The van der Waals surface area contributed by atoms with Gasteiger partial charge in [-0.2, -0.15) is 0 Å². The molecule has 0 saturated carbocycles. The third-order valence-corrected chi connectivity index (χ3v) is 3.41. The highest BCUT2D eigenvalue weighted by Crippen LogP contribution is 2.10. The van der Waals surface area contributed by atoms with Gasteiger partial charge in [0.25, 0.3) is 0 Å². The molecular formula is C17H33NO. The van der Waals surface area contributed by atoms with E-state index in [0.29, 0.717) is 0 Å². The molecule has 0 rings (SSSR count). The lowest BCUT2D eigenvalue weighted by atomic mass is 10.1. The van der Waals surface area contributed by atoms with Crippen molar-refractivity contribution in [3.05, 3.63) is 12.7 Å². The Bertz CT molecular complexity index is 230. The largest absolute Gasteiger partial charge is 0.339 e. The molecule has 0 heterocycles. The maximum Gasteiger partial charge on any atom is 0.245 e. The van der Waals surface area contributed by atoms with Crippen LogP contribution in [-0.4, -0.2) is 23.9 Å². The number of carbonyl (C=O) groups is 1. The summed E-state index contributed by atoms with van der Waals surface area (Å²) in [4.78, 5) is 13.7. The summed E-state index contributed by atoms with van der Waals surface area (Å²) in [5.41, 5.74) is 0. The molecule has 2 heteroatoms. The van der Waals surface area contributed by atoms with E-state index in [2.05, 4.69) is 34.3 Å². The molecule has 0 atom stereocenters. The zero-order chi connectivity index (χ0) is 14.7. The Hall–Kier alpha value is -0.790. The van der Waals surface area contributed by atoms with Gasteiger partial charge in [0.15, 0.2) is 0 Å². The molecule has 0 unspecified atom stereocenters. The topological polar surface area (TPSA) is 20.3 Å². The van der Waals surface area contributed by atoms with Gasteiger partial charge in [-0.3, -0.25) is 4.79 Å². The fraction of sp³-hybridized carbons (Fsp3) is 0.824. The Morgan fingerprint density at radius 3 is 1.68 bits per heavy atom. The molecule has 0 fully saturated rings. The SMILES string of the molecule is C=CC(=O)N(CCCCC(C)C)CCCCC(C)C. The van der Waals surface area contributed by atoms with Crippen molar-refractivity contribution in [3.8, 4) is 0 Å². The molecule has 0 bridgehead atoms. The van der Waals surface area contributed by atoms with E-state index in [1.54, 1.807) is 0 Å². The zero-order valence-electron chi connectivity index (χ0n) is 13.5. The summed E-state index contributed by atoms with van der Waals surface area (Å²) in [6.07, 6.45) is 8.61. The molecule has 0 aliphatic carbocycles. The summed E-state index contributed by atoms with van der Waals surface area (Å²) in [6.45, 7) is 14.4. The molecule has 0 spiro atoms. The predicted molar refractivity (Wildman–Crippen MR) is 84.2 cm³/mol. The van der Waals surface area contributed by atoms with Crippen molar-refractivity contribution in [1.82, 2.24) is 4.90 Å². The Morgan fingerprint density at radius 1 is 0.947 bits per heavy atom. The van der Waals surface area contributed by atoms with Crippen LogP contribution in [-0.2, 0) is 4.79 Å². The van der Waals surface area contributed by atoms with Crippen LogP contribution in [0.15, 0.2) is 12.7 Å². The molecule has 0 radical (unpaired) electrons. The maximum atomic E-state index is 11.8. The van der Waals surface area contributed by atoms with Crippen molar-refractivity contribution in [1.29, 1.82) is 0 Å². The molecule has 0 aliphatic rings. The van der Waals surface area contributed by atoms with Crippen LogP contribution in [0, 0.1) is 11.8 Å². The van der Waals surface area contributed by atoms with Gasteiger partial charge in [0.2, 0.25) is 5.91 Å². The summed E-state index contributed by atoms with van der Waals surface area (Å²) in [5, 5.41) is 0. The van der Waals surface area contributed by atoms with Crippen molar-refractivity contribution < 1.29 is 4.79 Å². The molecule has 0 aliphatic heterocycles. The highest BCUT2D eigenvalue weighted by atomic mass is 16.2. The summed E-state index contributed by atoms with van der Waals surface area (Å²) < 4.78 is 0. The van der Waals surface area contributed by atoms with Crippen molar-refractivity contribution in [2.24, 2.45) is 11.8 Å². The number of hydrogen-bond acceptors (Lipinski definition) is 1. The molecule has 112 valence electrons. The van der Waals surface area contributed by atoms with Gasteiger partial charge in [-0.05, 0) is 30.8 Å². The van der Waals surface area contributed by atoms with Crippen molar-refractivity contribution >= 4 is 5.91 Å². The molecule has 0 aromatic rings. The first-order valence-electron chi connectivity index (χ1n) is 7.88. The first-order valence-corrected chi connectivity index (χ1v) is 7.88. The van der Waals surface area contributed by atoms with Gasteiger partial charge in [0.05, 0.1) is 0 Å². The van der Waals surface area contributed by atoms with Crippen LogP contribution in [0.25, 0.3) is 0 Å². The molecule has 2 nitrogen and oxygen atoms in total. The van der Waals surface area contributed by atoms with E-state index in [9.17, 15) is 4.79 Å². The minimum Gasteiger partial charge on any atom is -0.339 e. The molecular weight excluding hydrogens is 234 g/mol. The first kappa shape index (κ1) is 18.2. The highest BCUT2D eigenvalue weighted by molar-refractivity contribution is 5.86. The smallest absolute Gasteiger partial charge is 0.245 e. The Morgan fingerprint density at radius 2 is 1.37 bits per heavy atom. The van der Waals surface area contributed by atoms with Crippen LogP contribution in [0.1, 0.15) is 66.2 Å². The Kier molecular flexibility index (Phi) is 10.6. The Balaban J connectivity index is 3.89. The molecule has 0 aromatic carbocycles. The van der Waals surface area contributed by atoms with Gasteiger partial charge in [0.1, 0.15) is 0 Å². The number of carbonyl (C=O) groups excluding carboxylic acids is 1. The number of unbranched alkanes of at least 4 members (excludes halogenated alkanes) is 2. The average Bonchev–Trinajstić information content (AvgIpc) is 2.35. The van der Waals surface area contributed by atoms with Crippen molar-refractivity contribution in [3.63, 3.8) is 0 Å². The van der Waals surface area contributed by atoms with E-state index in [1.807, 2.05) is 4.90 Å². The normalized spacial score (nSPS) is 11.1. The minimum absolute atomic E-state index is 0.0918. The quantitative estimate of drug-likeness (QED) is 0.394. The predicted octanol–water partition coefficient (Wildman–Crippen LogP) is 4.65. The van der Waals surface area contributed by atoms with Crippen LogP contribution in [0.5, 0.6) is 0 Å². The van der Waals surface area contributed by atoms with Gasteiger partial charge >= 0.3 is 0 Å². The second-order valence-corrected chi connectivity index (χ2v) is 6.31. The monoisotopic (exact) mass is 267 g/mol. The molecule has 0 saturated heterocycles. The van der Waals surface area contributed by atoms with Crippen LogP contribution in [0.2, 0.25) is 0 Å². The number of rotatable bonds is 11. The van der Waals surface area contributed by atoms with Crippen LogP contribution in [0.3, 0.4) is 0 Å². The summed E-state index contributed by atoms with van der Waals surface area (Å²) >= 11 is 0. The fourth-order valence-electron chi connectivity index (χ4n) is 2.17. The van der Waals surface area contributed by atoms with Gasteiger partial charge in [-0.15, -0.1) is 0 Å². The van der Waals surface area contributed by atoms with Crippen LogP contribution < -0.4 is 0 Å². The number of nitrogens with zero attached hydrogens (tertiary/aromatic N) is 1. The van der Waals surface area contributed by atoms with Crippen molar-refractivity contribution in [2.75, 3.05) is 13.1 Å². The van der Waals surface area contributed by atoms with E-state index in [0.717, 1.165) is 37.8 Å². The summed E-state index contributed by atoms with van der Waals surface area (Å²) in [6, 6.07) is 0.